The molecule has 1 fully saturated rings. The van der Waals surface area contributed by atoms with Gasteiger partial charge in [-0.05, 0) is 18.2 Å². The molecule has 1 aromatic rings. The van der Waals surface area contributed by atoms with E-state index in [0.29, 0.717) is 0 Å². The average molecular weight is 252 g/mol. The Balaban J connectivity index is 2.55. The molecule has 1 aliphatic heterocycles. The summed E-state index contributed by atoms with van der Waals surface area (Å²) < 4.78 is 13.1. The molecule has 6 heteroatoms. The van der Waals surface area contributed by atoms with Crippen LogP contribution in [0.2, 0.25) is 0 Å². The van der Waals surface area contributed by atoms with E-state index >= 15 is 0 Å². The van der Waals surface area contributed by atoms with E-state index in [-0.39, 0.29) is 40.9 Å². The van der Waals surface area contributed by atoms with Crippen LogP contribution in [0.5, 0.6) is 0 Å². The van der Waals surface area contributed by atoms with E-state index in [1.807, 2.05) is 0 Å². The van der Waals surface area contributed by atoms with Gasteiger partial charge in [0.15, 0.2) is 0 Å². The second-order valence-corrected chi connectivity index (χ2v) is 4.09. The molecule has 2 rings (SSSR count). The van der Waals surface area contributed by atoms with E-state index in [1.165, 1.54) is 6.07 Å². The van der Waals surface area contributed by atoms with Crippen LogP contribution < -0.4 is 10.6 Å². The Kier molecular flexibility index (Phi) is 2.89. The van der Waals surface area contributed by atoms with Crippen LogP contribution in [0.25, 0.3) is 0 Å². The van der Waals surface area contributed by atoms with Crippen LogP contribution in [0.3, 0.4) is 0 Å². The highest BCUT2D eigenvalue weighted by atomic mass is 32.1. The second-order valence-electron chi connectivity index (χ2n) is 3.65. The van der Waals surface area contributed by atoms with Crippen molar-refractivity contribution in [3.8, 4) is 0 Å². The number of hydrogen-bond donors (Lipinski definition) is 1. The van der Waals surface area contributed by atoms with Gasteiger partial charge in [-0.2, -0.15) is 0 Å². The third-order valence-electron chi connectivity index (χ3n) is 2.52. The topological polar surface area (TPSA) is 63.4 Å². The predicted molar refractivity (Wildman–Crippen MR) is 64.0 cm³/mol. The van der Waals surface area contributed by atoms with Crippen molar-refractivity contribution < 1.29 is 14.0 Å². The van der Waals surface area contributed by atoms with Gasteiger partial charge < -0.3 is 5.73 Å². The maximum absolute atomic E-state index is 13.1. The molecular formula is C11H9FN2O2S. The number of imide groups is 1. The Bertz CT molecular complexity index is 514. The van der Waals surface area contributed by atoms with E-state index in [2.05, 4.69) is 0 Å². The number of nitrogens with zero attached hydrogens (tertiary/aromatic N) is 1. The van der Waals surface area contributed by atoms with E-state index in [9.17, 15) is 14.0 Å². The summed E-state index contributed by atoms with van der Waals surface area (Å²) in [6.45, 7) is 0. The molecule has 2 N–H and O–H groups in total. The summed E-state index contributed by atoms with van der Waals surface area (Å²) in [5, 5.41) is 0. The van der Waals surface area contributed by atoms with Crippen LogP contribution in [0, 0.1) is 5.82 Å². The van der Waals surface area contributed by atoms with Crippen LogP contribution in [0.4, 0.5) is 10.1 Å². The molecule has 1 aliphatic rings. The summed E-state index contributed by atoms with van der Waals surface area (Å²) in [6.07, 6.45) is 0.319. The highest BCUT2D eigenvalue weighted by molar-refractivity contribution is 7.80. The normalized spacial score (nSPS) is 15.5. The molecule has 1 aromatic carbocycles. The van der Waals surface area contributed by atoms with Gasteiger partial charge in [0, 0.05) is 18.4 Å². The van der Waals surface area contributed by atoms with Crippen molar-refractivity contribution in [3.05, 3.63) is 29.6 Å². The van der Waals surface area contributed by atoms with Crippen molar-refractivity contribution in [1.82, 2.24) is 0 Å². The highest BCUT2D eigenvalue weighted by Crippen LogP contribution is 2.27. The summed E-state index contributed by atoms with van der Waals surface area (Å²) in [7, 11) is 0. The average Bonchev–Trinajstić information content (AvgIpc) is 2.59. The van der Waals surface area contributed by atoms with Crippen molar-refractivity contribution in [2.75, 3.05) is 4.90 Å². The van der Waals surface area contributed by atoms with Crippen LogP contribution in [0.15, 0.2) is 18.2 Å². The van der Waals surface area contributed by atoms with Crippen molar-refractivity contribution >= 4 is 34.7 Å². The number of carbonyl (C=O) groups is 2. The van der Waals surface area contributed by atoms with Crippen LogP contribution in [-0.2, 0) is 9.59 Å². The van der Waals surface area contributed by atoms with Gasteiger partial charge in [0.2, 0.25) is 11.8 Å². The first-order valence-corrected chi connectivity index (χ1v) is 5.36. The molecule has 2 amide bonds. The fraction of sp³-hybridized carbons (Fsp3) is 0.182. The number of benzene rings is 1. The fourth-order valence-electron chi connectivity index (χ4n) is 1.75. The molecule has 17 heavy (non-hydrogen) atoms. The maximum Gasteiger partial charge on any atom is 0.234 e. The second kappa shape index (κ2) is 4.21. The lowest BCUT2D eigenvalue weighted by Crippen LogP contribution is -2.31. The third kappa shape index (κ3) is 2.03. The van der Waals surface area contributed by atoms with Crippen LogP contribution >= 0.6 is 12.2 Å². The molecule has 88 valence electrons. The molecule has 0 radical (unpaired) electrons. The molecule has 0 aromatic heterocycles. The van der Waals surface area contributed by atoms with Gasteiger partial charge in [0.1, 0.15) is 10.8 Å². The van der Waals surface area contributed by atoms with Gasteiger partial charge in [-0.3, -0.25) is 9.59 Å². The maximum atomic E-state index is 13.1. The minimum absolute atomic E-state index is 0.0491. The van der Waals surface area contributed by atoms with E-state index in [1.54, 1.807) is 0 Å². The molecule has 1 heterocycles. The first-order chi connectivity index (χ1) is 8.00. The van der Waals surface area contributed by atoms with Crippen LogP contribution in [-0.4, -0.2) is 16.8 Å². The summed E-state index contributed by atoms with van der Waals surface area (Å²) in [6, 6.07) is 3.62. The minimum Gasteiger partial charge on any atom is -0.389 e. The smallest absolute Gasteiger partial charge is 0.234 e. The van der Waals surface area contributed by atoms with Gasteiger partial charge in [-0.25, -0.2) is 9.29 Å². The number of halogens is 1. The molecule has 4 nitrogen and oxygen atoms in total. The highest BCUT2D eigenvalue weighted by Gasteiger charge is 2.32. The Labute approximate surface area is 102 Å². The fourth-order valence-corrected chi connectivity index (χ4v) is 1.91. The first-order valence-electron chi connectivity index (χ1n) is 4.96. The van der Waals surface area contributed by atoms with Gasteiger partial charge in [0.25, 0.3) is 0 Å². The largest absolute Gasteiger partial charge is 0.389 e. The summed E-state index contributed by atoms with van der Waals surface area (Å²) >= 11 is 4.78. The lowest BCUT2D eigenvalue weighted by atomic mass is 10.1. The Morgan fingerprint density at radius 2 is 1.88 bits per heavy atom. The first kappa shape index (κ1) is 11.7. The van der Waals surface area contributed by atoms with Crippen molar-refractivity contribution in [2.45, 2.75) is 12.8 Å². The van der Waals surface area contributed by atoms with Gasteiger partial charge in [-0.1, -0.05) is 12.2 Å². The SMILES string of the molecule is NC(=S)c1cc(F)ccc1N1C(=O)CCC1=O. The lowest BCUT2D eigenvalue weighted by Gasteiger charge is -2.17. The molecule has 0 bridgehead atoms. The number of nitrogens with two attached hydrogens (primary N) is 1. The lowest BCUT2D eigenvalue weighted by molar-refractivity contribution is -0.121. The number of hydrogen-bond acceptors (Lipinski definition) is 3. The van der Waals surface area contributed by atoms with Crippen molar-refractivity contribution in [3.63, 3.8) is 0 Å². The van der Waals surface area contributed by atoms with Gasteiger partial charge in [-0.15, -0.1) is 0 Å². The van der Waals surface area contributed by atoms with E-state index in [4.69, 9.17) is 18.0 Å². The number of thiocarbonyl (C=S) groups is 1. The number of rotatable bonds is 2. The van der Waals surface area contributed by atoms with Crippen molar-refractivity contribution in [1.29, 1.82) is 0 Å². The molecule has 0 aliphatic carbocycles. The predicted octanol–water partition coefficient (Wildman–Crippen LogP) is 1.11. The zero-order chi connectivity index (χ0) is 12.6. The number of carbonyl (C=O) groups excluding carboxylic acids is 2. The quantitative estimate of drug-likeness (QED) is 0.632. The Hall–Kier alpha value is -1.82. The summed E-state index contributed by atoms with van der Waals surface area (Å²) in [5.74, 6) is -1.16. The summed E-state index contributed by atoms with van der Waals surface area (Å²) in [5.41, 5.74) is 5.91. The molecule has 0 spiro atoms. The molecule has 0 unspecified atom stereocenters. The zero-order valence-corrected chi connectivity index (χ0v) is 9.59. The van der Waals surface area contributed by atoms with Gasteiger partial charge in [0.05, 0.1) is 5.69 Å². The zero-order valence-electron chi connectivity index (χ0n) is 8.77. The Morgan fingerprint density at radius 3 is 2.41 bits per heavy atom. The molecule has 1 saturated heterocycles. The number of anilines is 1. The molecular weight excluding hydrogens is 243 g/mol. The van der Waals surface area contributed by atoms with E-state index in [0.717, 1.165) is 17.0 Å². The third-order valence-corrected chi connectivity index (χ3v) is 2.74. The molecule has 0 saturated carbocycles. The molecule has 0 atom stereocenters. The van der Waals surface area contributed by atoms with Crippen molar-refractivity contribution in [2.24, 2.45) is 5.73 Å². The standard InChI is InChI=1S/C11H9FN2O2S/c12-6-1-2-8(7(5-6)11(13)17)14-9(15)3-4-10(14)16/h1-2,5H,3-4H2,(H2,13,17). The van der Waals surface area contributed by atoms with E-state index < -0.39 is 5.82 Å². The summed E-state index contributed by atoms with van der Waals surface area (Å²) in [4.78, 5) is 24.1. The van der Waals surface area contributed by atoms with Crippen LogP contribution in [0.1, 0.15) is 18.4 Å². The minimum atomic E-state index is -0.518. The van der Waals surface area contributed by atoms with Gasteiger partial charge >= 0.3 is 0 Å². The number of amides is 2. The monoisotopic (exact) mass is 252 g/mol. The Morgan fingerprint density at radius 1 is 1.29 bits per heavy atom.